The van der Waals surface area contributed by atoms with Crippen molar-refractivity contribution < 1.29 is 23.5 Å². The lowest BCUT2D eigenvalue weighted by Crippen LogP contribution is -2.40. The summed E-state index contributed by atoms with van der Waals surface area (Å²) in [5.41, 5.74) is 0.805. The monoisotopic (exact) mass is 286 g/mol. The average molecular weight is 286 g/mol. The van der Waals surface area contributed by atoms with E-state index in [2.05, 4.69) is 5.32 Å². The summed E-state index contributed by atoms with van der Waals surface area (Å²) in [6.45, 7) is -1.14. The zero-order valence-corrected chi connectivity index (χ0v) is 10.8. The van der Waals surface area contributed by atoms with Crippen LogP contribution in [0.15, 0.2) is 30.3 Å². The van der Waals surface area contributed by atoms with Gasteiger partial charge in [0.2, 0.25) is 5.91 Å². The Balaban J connectivity index is 2.55. The molecule has 110 valence electrons. The Morgan fingerprint density at radius 2 is 1.90 bits per heavy atom. The zero-order chi connectivity index (χ0) is 15.0. The van der Waals surface area contributed by atoms with Gasteiger partial charge >= 0.3 is 5.97 Å². The van der Waals surface area contributed by atoms with Crippen LogP contribution < -0.4 is 5.32 Å². The van der Waals surface area contributed by atoms with Crippen LogP contribution in [0.1, 0.15) is 5.56 Å². The van der Waals surface area contributed by atoms with Crippen molar-refractivity contribution in [2.45, 2.75) is 13.0 Å². The number of alkyl halides is 2. The maximum absolute atomic E-state index is 12.5. The van der Waals surface area contributed by atoms with Gasteiger partial charge in [-0.3, -0.25) is 14.5 Å². The predicted molar refractivity (Wildman–Crippen MR) is 68.4 cm³/mol. The third-order valence-corrected chi connectivity index (χ3v) is 2.45. The highest BCUT2D eigenvalue weighted by atomic mass is 19.3. The first-order valence-corrected chi connectivity index (χ1v) is 6.00. The molecule has 0 aliphatic rings. The lowest BCUT2D eigenvalue weighted by Gasteiger charge is -2.21. The molecule has 0 atom stereocenters. The van der Waals surface area contributed by atoms with Crippen LogP contribution in [0.4, 0.5) is 8.78 Å². The fourth-order valence-electron chi connectivity index (χ4n) is 1.65. The van der Waals surface area contributed by atoms with E-state index < -0.39 is 31.4 Å². The summed E-state index contributed by atoms with van der Waals surface area (Å²) in [6.07, 6.45) is -2.56. The van der Waals surface area contributed by atoms with Gasteiger partial charge in [0, 0.05) is 6.54 Å². The van der Waals surface area contributed by atoms with Gasteiger partial charge in [0.05, 0.1) is 13.1 Å². The highest BCUT2D eigenvalue weighted by Crippen LogP contribution is 2.06. The first-order valence-electron chi connectivity index (χ1n) is 6.00. The maximum Gasteiger partial charge on any atom is 0.322 e. The minimum atomic E-state index is -2.56. The Hall–Kier alpha value is -2.02. The summed E-state index contributed by atoms with van der Waals surface area (Å²) in [7, 11) is 0. The van der Waals surface area contributed by atoms with Crippen molar-refractivity contribution in [3.8, 4) is 0 Å². The van der Waals surface area contributed by atoms with Gasteiger partial charge in [-0.25, -0.2) is 8.78 Å². The summed E-state index contributed by atoms with van der Waals surface area (Å²) in [6, 6.07) is 8.91. The van der Waals surface area contributed by atoms with Crippen molar-refractivity contribution >= 4 is 11.9 Å². The number of nitrogens with one attached hydrogen (secondary N) is 1. The third kappa shape index (κ3) is 6.79. The Morgan fingerprint density at radius 3 is 2.45 bits per heavy atom. The van der Waals surface area contributed by atoms with Crippen LogP contribution in [-0.2, 0) is 16.1 Å². The molecule has 20 heavy (non-hydrogen) atoms. The van der Waals surface area contributed by atoms with E-state index in [-0.39, 0.29) is 13.1 Å². The molecule has 7 heteroatoms. The molecule has 0 spiro atoms. The molecule has 2 N–H and O–H groups in total. The van der Waals surface area contributed by atoms with E-state index in [1.807, 2.05) is 0 Å². The number of carbonyl (C=O) groups is 2. The van der Waals surface area contributed by atoms with E-state index in [1.165, 1.54) is 4.90 Å². The lowest BCUT2D eigenvalue weighted by atomic mass is 10.2. The second-order valence-electron chi connectivity index (χ2n) is 4.22. The van der Waals surface area contributed by atoms with Crippen LogP contribution in [0, 0.1) is 0 Å². The van der Waals surface area contributed by atoms with E-state index in [1.54, 1.807) is 30.3 Å². The molecule has 0 aliphatic heterocycles. The van der Waals surface area contributed by atoms with Gasteiger partial charge in [0.25, 0.3) is 6.43 Å². The topological polar surface area (TPSA) is 69.6 Å². The highest BCUT2D eigenvalue weighted by molar-refractivity contribution is 5.82. The van der Waals surface area contributed by atoms with Crippen LogP contribution in [0.25, 0.3) is 0 Å². The Labute approximate surface area is 115 Å². The normalized spacial score (nSPS) is 10.8. The van der Waals surface area contributed by atoms with Gasteiger partial charge in [-0.05, 0) is 5.56 Å². The van der Waals surface area contributed by atoms with Crippen LogP contribution >= 0.6 is 0 Å². The number of hydrogen-bond acceptors (Lipinski definition) is 3. The van der Waals surface area contributed by atoms with Gasteiger partial charge in [-0.2, -0.15) is 0 Å². The first-order chi connectivity index (χ1) is 9.47. The Morgan fingerprint density at radius 1 is 1.25 bits per heavy atom. The van der Waals surface area contributed by atoms with Gasteiger partial charge in [0.1, 0.15) is 6.54 Å². The molecule has 0 saturated heterocycles. The number of halogens is 2. The second kappa shape index (κ2) is 8.21. The lowest BCUT2D eigenvalue weighted by molar-refractivity contribution is -0.138. The maximum atomic E-state index is 12.5. The minimum absolute atomic E-state index is 0.200. The zero-order valence-electron chi connectivity index (χ0n) is 10.8. The van der Waals surface area contributed by atoms with Crippen molar-refractivity contribution in [1.29, 1.82) is 0 Å². The summed E-state index contributed by atoms with van der Waals surface area (Å²) in [4.78, 5) is 23.1. The fourth-order valence-corrected chi connectivity index (χ4v) is 1.65. The van der Waals surface area contributed by atoms with Crippen molar-refractivity contribution in [2.75, 3.05) is 19.6 Å². The molecule has 5 nitrogen and oxygen atoms in total. The van der Waals surface area contributed by atoms with Crippen molar-refractivity contribution in [3.05, 3.63) is 35.9 Å². The average Bonchev–Trinajstić information content (AvgIpc) is 2.36. The molecule has 1 aromatic carbocycles. The highest BCUT2D eigenvalue weighted by Gasteiger charge is 2.16. The van der Waals surface area contributed by atoms with Crippen LogP contribution in [-0.4, -0.2) is 47.9 Å². The first kappa shape index (κ1) is 16.0. The largest absolute Gasteiger partial charge is 0.480 e. The van der Waals surface area contributed by atoms with E-state index >= 15 is 0 Å². The van der Waals surface area contributed by atoms with Gasteiger partial charge in [-0.15, -0.1) is 0 Å². The number of rotatable bonds is 8. The molecule has 1 rings (SSSR count). The molecule has 0 fully saturated rings. The van der Waals surface area contributed by atoms with E-state index in [0.29, 0.717) is 0 Å². The molecule has 1 aromatic rings. The minimum Gasteiger partial charge on any atom is -0.480 e. The Bertz CT molecular complexity index is 441. The van der Waals surface area contributed by atoms with E-state index in [4.69, 9.17) is 5.11 Å². The third-order valence-electron chi connectivity index (χ3n) is 2.45. The van der Waals surface area contributed by atoms with Gasteiger partial charge < -0.3 is 10.4 Å². The van der Waals surface area contributed by atoms with E-state index in [0.717, 1.165) is 5.56 Å². The van der Waals surface area contributed by atoms with Crippen molar-refractivity contribution in [2.24, 2.45) is 0 Å². The molecule has 0 aromatic heterocycles. The second-order valence-corrected chi connectivity index (χ2v) is 4.22. The van der Waals surface area contributed by atoms with Crippen molar-refractivity contribution in [3.63, 3.8) is 0 Å². The molecule has 1 amide bonds. The number of amides is 1. The molecular formula is C13H16F2N2O3. The van der Waals surface area contributed by atoms with Crippen molar-refractivity contribution in [1.82, 2.24) is 10.2 Å². The molecule has 0 heterocycles. The Kier molecular flexibility index (Phi) is 6.58. The molecule has 0 bridgehead atoms. The summed E-state index contributed by atoms with van der Waals surface area (Å²) >= 11 is 0. The summed E-state index contributed by atoms with van der Waals surface area (Å²) in [5, 5.41) is 10.6. The number of carboxylic acid groups (broad SMARTS) is 1. The molecule has 0 aliphatic carbocycles. The van der Waals surface area contributed by atoms with E-state index in [9.17, 15) is 18.4 Å². The van der Waals surface area contributed by atoms with Gasteiger partial charge in [-0.1, -0.05) is 30.3 Å². The van der Waals surface area contributed by atoms with Gasteiger partial charge in [0.15, 0.2) is 0 Å². The van der Waals surface area contributed by atoms with Crippen LogP contribution in [0.2, 0.25) is 0 Å². The fraction of sp³-hybridized carbons (Fsp3) is 0.385. The standard InChI is InChI=1S/C13H16F2N2O3/c14-11(15)8-17(7-10-4-2-1-3-5-10)9-12(18)16-6-13(19)20/h1-5,11H,6-9H2,(H,16,18)(H,19,20). The quantitative estimate of drug-likeness (QED) is 0.746. The summed E-state index contributed by atoms with van der Waals surface area (Å²) in [5.74, 6) is -1.77. The van der Waals surface area contributed by atoms with Crippen LogP contribution in [0.5, 0.6) is 0 Å². The number of aliphatic carboxylic acids is 1. The number of benzene rings is 1. The molecule has 0 saturated carbocycles. The molecule has 0 radical (unpaired) electrons. The molecular weight excluding hydrogens is 270 g/mol. The number of carbonyl (C=O) groups excluding carboxylic acids is 1. The number of nitrogens with zero attached hydrogens (tertiary/aromatic N) is 1. The molecule has 0 unspecified atom stereocenters. The van der Waals surface area contributed by atoms with Crippen LogP contribution in [0.3, 0.4) is 0 Å². The number of hydrogen-bond donors (Lipinski definition) is 2. The predicted octanol–water partition coefficient (Wildman–Crippen LogP) is 0.954. The number of carboxylic acids is 1. The smallest absolute Gasteiger partial charge is 0.322 e. The SMILES string of the molecule is O=C(O)CNC(=O)CN(Cc1ccccc1)CC(F)F. The summed E-state index contributed by atoms with van der Waals surface area (Å²) < 4.78 is 25.0.